The van der Waals surface area contributed by atoms with E-state index in [-0.39, 0.29) is 0 Å². The molecule has 2 aliphatic carbocycles. The number of nitrogens with one attached hydrogen (secondary N) is 3. The second-order valence-corrected chi connectivity index (χ2v) is 8.63. The highest BCUT2D eigenvalue weighted by molar-refractivity contribution is 5.89. The van der Waals surface area contributed by atoms with Crippen LogP contribution in [0.4, 0.5) is 5.69 Å². The van der Waals surface area contributed by atoms with Gasteiger partial charge in [0.25, 0.3) is 0 Å². The SMILES string of the molecule is c1cc2[nH]ncc2cc1[C@@H]1Nc2ccc3[nH]ncc3c2[C@H]2C3CCC(C3)[C@@H]12. The number of aromatic amines is 2. The smallest absolute Gasteiger partial charge is 0.0654 e. The van der Waals surface area contributed by atoms with E-state index in [0.29, 0.717) is 17.9 Å². The molecular formula is C22H21N5. The van der Waals surface area contributed by atoms with Crippen molar-refractivity contribution in [1.29, 1.82) is 0 Å². The molecule has 2 aromatic heterocycles. The zero-order chi connectivity index (χ0) is 17.5. The molecule has 1 aliphatic heterocycles. The van der Waals surface area contributed by atoms with Gasteiger partial charge in [-0.15, -0.1) is 0 Å². The maximum Gasteiger partial charge on any atom is 0.0654 e. The van der Waals surface area contributed by atoms with E-state index in [2.05, 4.69) is 56.0 Å². The summed E-state index contributed by atoms with van der Waals surface area (Å²) in [7, 11) is 0. The van der Waals surface area contributed by atoms with Gasteiger partial charge in [-0.25, -0.2) is 0 Å². The van der Waals surface area contributed by atoms with Crippen LogP contribution in [-0.2, 0) is 0 Å². The first-order chi connectivity index (χ1) is 13.4. The van der Waals surface area contributed by atoms with Crippen LogP contribution in [0.3, 0.4) is 0 Å². The highest BCUT2D eigenvalue weighted by Gasteiger charge is 2.54. The summed E-state index contributed by atoms with van der Waals surface area (Å²) in [4.78, 5) is 0. The largest absolute Gasteiger partial charge is 0.378 e. The lowest BCUT2D eigenvalue weighted by molar-refractivity contribution is 0.249. The number of nitrogens with zero attached hydrogens (tertiary/aromatic N) is 2. The Morgan fingerprint density at radius 2 is 1.74 bits per heavy atom. The summed E-state index contributed by atoms with van der Waals surface area (Å²) in [6.45, 7) is 0. The van der Waals surface area contributed by atoms with Crippen molar-refractivity contribution in [3.8, 4) is 0 Å². The standard InChI is InChI=1S/C22H21N5/c1-2-12-7-11(1)19-20(12)22(13-3-4-16-14(8-13)9-23-26-16)25-18-6-5-17-15(21(18)19)10-24-27-17/h3-6,8-12,19-20,22,25H,1-2,7H2,(H,23,26)(H,24,27)/t11?,12?,19-,20+,22-/m0/s1. The lowest BCUT2D eigenvalue weighted by atomic mass is 9.67. The zero-order valence-corrected chi connectivity index (χ0v) is 14.9. The van der Waals surface area contributed by atoms with Crippen LogP contribution < -0.4 is 5.32 Å². The minimum Gasteiger partial charge on any atom is -0.378 e. The van der Waals surface area contributed by atoms with Gasteiger partial charge in [-0.3, -0.25) is 10.2 Å². The molecule has 5 nitrogen and oxygen atoms in total. The molecule has 2 bridgehead atoms. The molecule has 4 aromatic rings. The van der Waals surface area contributed by atoms with E-state index in [9.17, 15) is 0 Å². The van der Waals surface area contributed by atoms with Crippen LogP contribution in [0, 0.1) is 17.8 Å². The lowest BCUT2D eigenvalue weighted by Gasteiger charge is -2.43. The molecule has 2 fully saturated rings. The fourth-order valence-electron chi connectivity index (χ4n) is 6.49. The molecule has 0 radical (unpaired) electrons. The first-order valence-electron chi connectivity index (χ1n) is 10.0. The molecular weight excluding hydrogens is 334 g/mol. The Bertz CT molecular complexity index is 1190. The van der Waals surface area contributed by atoms with Crippen LogP contribution in [0.5, 0.6) is 0 Å². The second kappa shape index (κ2) is 4.91. The maximum absolute atomic E-state index is 4.33. The van der Waals surface area contributed by atoms with Crippen molar-refractivity contribution < 1.29 is 0 Å². The van der Waals surface area contributed by atoms with Crippen molar-refractivity contribution in [3.05, 3.63) is 53.9 Å². The van der Waals surface area contributed by atoms with Crippen molar-refractivity contribution >= 4 is 27.5 Å². The predicted octanol–water partition coefficient (Wildman–Crippen LogP) is 4.74. The number of rotatable bonds is 1. The van der Waals surface area contributed by atoms with Crippen molar-refractivity contribution in [1.82, 2.24) is 20.4 Å². The molecule has 3 N–H and O–H groups in total. The summed E-state index contributed by atoms with van der Waals surface area (Å²) < 4.78 is 0. The number of anilines is 1. The number of fused-ring (bicyclic) bond motifs is 10. The molecule has 2 saturated carbocycles. The van der Waals surface area contributed by atoms with Gasteiger partial charge < -0.3 is 5.32 Å². The summed E-state index contributed by atoms with van der Waals surface area (Å²) in [5, 5.41) is 21.2. The zero-order valence-electron chi connectivity index (χ0n) is 14.9. The minimum absolute atomic E-state index is 0.376. The molecule has 5 heteroatoms. The second-order valence-electron chi connectivity index (χ2n) is 8.63. The Balaban J connectivity index is 1.44. The quantitative estimate of drug-likeness (QED) is 0.462. The van der Waals surface area contributed by atoms with Crippen molar-refractivity contribution in [2.45, 2.75) is 31.2 Å². The summed E-state index contributed by atoms with van der Waals surface area (Å²) in [5.74, 6) is 2.96. The number of H-pyrrole nitrogens is 2. The fourth-order valence-corrected chi connectivity index (χ4v) is 6.49. The number of hydrogen-bond donors (Lipinski definition) is 3. The highest BCUT2D eigenvalue weighted by atomic mass is 15.1. The van der Waals surface area contributed by atoms with E-state index in [1.54, 1.807) is 0 Å². The number of benzene rings is 2. The van der Waals surface area contributed by atoms with Gasteiger partial charge in [-0.2, -0.15) is 10.2 Å². The summed E-state index contributed by atoms with van der Waals surface area (Å²) in [5.41, 5.74) is 6.48. The normalized spacial score (nSPS) is 31.2. The monoisotopic (exact) mass is 355 g/mol. The van der Waals surface area contributed by atoms with Gasteiger partial charge in [0.15, 0.2) is 0 Å². The Kier molecular flexibility index (Phi) is 2.60. The van der Waals surface area contributed by atoms with E-state index in [0.717, 1.165) is 22.9 Å². The van der Waals surface area contributed by atoms with Crippen LogP contribution >= 0.6 is 0 Å². The van der Waals surface area contributed by atoms with Crippen molar-refractivity contribution in [3.63, 3.8) is 0 Å². The molecule has 7 rings (SSSR count). The molecule has 5 atom stereocenters. The van der Waals surface area contributed by atoms with Gasteiger partial charge in [-0.1, -0.05) is 6.07 Å². The van der Waals surface area contributed by atoms with Gasteiger partial charge in [-0.05, 0) is 78.3 Å². The fraction of sp³-hybridized carbons (Fsp3) is 0.364. The molecule has 2 aromatic carbocycles. The molecule has 3 aliphatic rings. The van der Waals surface area contributed by atoms with Gasteiger partial charge in [0, 0.05) is 16.5 Å². The Morgan fingerprint density at radius 1 is 0.889 bits per heavy atom. The van der Waals surface area contributed by atoms with Crippen LogP contribution in [0.25, 0.3) is 21.8 Å². The Hall–Kier alpha value is -2.82. The van der Waals surface area contributed by atoms with E-state index in [4.69, 9.17) is 0 Å². The average Bonchev–Trinajstić information content (AvgIpc) is 3.49. The molecule has 2 unspecified atom stereocenters. The van der Waals surface area contributed by atoms with Gasteiger partial charge in [0.1, 0.15) is 0 Å². The summed E-state index contributed by atoms with van der Waals surface area (Å²) in [6.07, 6.45) is 8.11. The molecule has 0 saturated heterocycles. The highest BCUT2D eigenvalue weighted by Crippen LogP contribution is 2.64. The van der Waals surface area contributed by atoms with E-state index >= 15 is 0 Å². The third kappa shape index (κ3) is 1.79. The van der Waals surface area contributed by atoms with Crippen molar-refractivity contribution in [2.24, 2.45) is 17.8 Å². The van der Waals surface area contributed by atoms with Crippen molar-refractivity contribution in [2.75, 3.05) is 5.32 Å². The molecule has 0 amide bonds. The van der Waals surface area contributed by atoms with Gasteiger partial charge in [0.05, 0.1) is 29.5 Å². The summed E-state index contributed by atoms with van der Waals surface area (Å²) >= 11 is 0. The first-order valence-corrected chi connectivity index (χ1v) is 10.0. The predicted molar refractivity (Wildman–Crippen MR) is 106 cm³/mol. The van der Waals surface area contributed by atoms with Gasteiger partial charge >= 0.3 is 0 Å². The van der Waals surface area contributed by atoms with E-state index in [1.165, 1.54) is 46.8 Å². The number of aromatic nitrogens is 4. The third-order valence-electron chi connectivity index (χ3n) is 7.50. The molecule has 27 heavy (non-hydrogen) atoms. The number of hydrogen-bond acceptors (Lipinski definition) is 3. The maximum atomic E-state index is 4.33. The third-order valence-corrected chi connectivity index (χ3v) is 7.50. The van der Waals surface area contributed by atoms with E-state index < -0.39 is 0 Å². The summed E-state index contributed by atoms with van der Waals surface area (Å²) in [6, 6.07) is 11.6. The van der Waals surface area contributed by atoms with E-state index in [1.807, 2.05) is 12.4 Å². The van der Waals surface area contributed by atoms with Crippen LogP contribution in [0.2, 0.25) is 0 Å². The lowest BCUT2D eigenvalue weighted by Crippen LogP contribution is -2.35. The average molecular weight is 355 g/mol. The first kappa shape index (κ1) is 14.3. The topological polar surface area (TPSA) is 69.4 Å². The molecule has 0 spiro atoms. The Morgan fingerprint density at radius 3 is 2.74 bits per heavy atom. The van der Waals surface area contributed by atoms with Crippen LogP contribution in [0.1, 0.15) is 42.3 Å². The van der Waals surface area contributed by atoms with Gasteiger partial charge in [0.2, 0.25) is 0 Å². The van der Waals surface area contributed by atoms with Crippen LogP contribution in [-0.4, -0.2) is 20.4 Å². The molecule has 3 heterocycles. The Labute approximate surface area is 156 Å². The van der Waals surface area contributed by atoms with Crippen LogP contribution in [0.15, 0.2) is 42.7 Å². The minimum atomic E-state index is 0.376. The molecule has 134 valence electrons.